The first-order chi connectivity index (χ1) is 4.83. The molecule has 0 N–H and O–H groups in total. The maximum absolute atomic E-state index is 3.20. The smallest absolute Gasteiger partial charge is 0.0822 e. The van der Waals surface area contributed by atoms with E-state index in [1.54, 1.807) is 0 Å². The molecule has 0 spiro atoms. The van der Waals surface area contributed by atoms with Crippen LogP contribution in [0.4, 0.5) is 0 Å². The van der Waals surface area contributed by atoms with Gasteiger partial charge in [0.25, 0.3) is 0 Å². The number of hydrogen-bond acceptors (Lipinski definition) is 0. The third-order valence-electron chi connectivity index (χ3n) is 3.00. The second-order valence-corrected chi connectivity index (χ2v) is 12.9. The van der Waals surface area contributed by atoms with Crippen LogP contribution in [0.5, 0.6) is 0 Å². The van der Waals surface area contributed by atoms with Crippen LogP contribution in [-0.4, -0.2) is 7.74 Å². The van der Waals surface area contributed by atoms with E-state index in [0.717, 1.165) is 16.6 Å². The average Bonchev–Trinajstić information content (AvgIpc) is 1.84. The fourth-order valence-corrected chi connectivity index (χ4v) is 6.00. The third kappa shape index (κ3) is 2.29. The van der Waals surface area contributed by atoms with E-state index in [4.69, 9.17) is 0 Å². The monoisotopic (exact) mass is 190 g/mol. The zero-order valence-corrected chi connectivity index (χ0v) is 11.0. The average molecular weight is 190 g/mol. The highest BCUT2D eigenvalue weighted by molar-refractivity contribution is 7.70. The van der Waals surface area contributed by atoms with Gasteiger partial charge in [-0.05, 0) is 16.6 Å². The lowest BCUT2D eigenvalue weighted by molar-refractivity contribution is 0.851. The summed E-state index contributed by atoms with van der Waals surface area (Å²) in [6.45, 7) is 14.2. The van der Waals surface area contributed by atoms with Crippen LogP contribution in [0.1, 0.15) is 41.5 Å². The molecule has 0 saturated heterocycles. The Morgan fingerprint density at radius 2 is 0.909 bits per heavy atom. The molecule has 1 atom stereocenters. The first kappa shape index (κ1) is 11.6. The van der Waals surface area contributed by atoms with Crippen molar-refractivity contribution in [3.63, 3.8) is 0 Å². The minimum Gasteiger partial charge on any atom is -0.148 e. The number of rotatable bonds is 3. The molecule has 0 nitrogen and oxygen atoms in total. The van der Waals surface area contributed by atoms with E-state index in [-0.39, 0.29) is 0 Å². The van der Waals surface area contributed by atoms with E-state index >= 15 is 0 Å². The zero-order valence-electron chi connectivity index (χ0n) is 8.81. The summed E-state index contributed by atoms with van der Waals surface area (Å²) >= 11 is 0. The Hall–Kier alpha value is 0.647. The molecule has 0 rings (SSSR count). The van der Waals surface area contributed by atoms with Gasteiger partial charge in [-0.25, -0.2) is 0 Å². The molecule has 11 heavy (non-hydrogen) atoms. The Morgan fingerprint density at radius 3 is 0.909 bits per heavy atom. The van der Waals surface area contributed by atoms with Crippen molar-refractivity contribution in [2.24, 2.45) is 0 Å². The molecule has 0 aromatic carbocycles. The van der Waals surface area contributed by atoms with Crippen molar-refractivity contribution in [1.82, 2.24) is 0 Å². The van der Waals surface area contributed by atoms with Crippen molar-refractivity contribution in [3.8, 4) is 0 Å². The highest BCUT2D eigenvalue weighted by Crippen LogP contribution is 2.45. The van der Waals surface area contributed by atoms with E-state index in [1.165, 1.54) is 0 Å². The van der Waals surface area contributed by atoms with Gasteiger partial charge in [-0.3, -0.25) is 0 Å². The molecule has 0 fully saturated rings. The fraction of sp³-hybridized carbons (Fsp3) is 1.00. The highest BCUT2D eigenvalue weighted by atomic mass is 31.3. The molecule has 0 bridgehead atoms. The van der Waals surface area contributed by atoms with Crippen LogP contribution < -0.4 is 0 Å². The van der Waals surface area contributed by atoms with Gasteiger partial charge in [-0.15, -0.1) is 8.79 Å². The molecule has 0 aliphatic heterocycles. The fourth-order valence-electron chi connectivity index (χ4n) is 2.00. The summed E-state index contributed by atoms with van der Waals surface area (Å²) in [5.41, 5.74) is 2.65. The number of hydrogen-bond donors (Lipinski definition) is 0. The topological polar surface area (TPSA) is 0 Å². The van der Waals surface area contributed by atoms with Crippen LogP contribution in [0.2, 0.25) is 16.6 Å². The van der Waals surface area contributed by atoms with E-state index in [2.05, 4.69) is 50.3 Å². The Kier molecular flexibility index (Phi) is 4.29. The van der Waals surface area contributed by atoms with Gasteiger partial charge in [-0.1, -0.05) is 41.5 Å². The molecule has 0 aromatic rings. The minimum absolute atomic E-state index is 0.882. The van der Waals surface area contributed by atoms with Crippen LogP contribution in [0.15, 0.2) is 0 Å². The van der Waals surface area contributed by atoms with Crippen LogP contribution in [0.3, 0.4) is 0 Å². The maximum Gasteiger partial charge on any atom is 0.0822 e. The molecular weight excluding hydrogens is 167 g/mol. The van der Waals surface area contributed by atoms with Gasteiger partial charge in [0.1, 0.15) is 0 Å². The molecule has 0 aliphatic rings. The molecule has 68 valence electrons. The summed E-state index contributed by atoms with van der Waals surface area (Å²) in [6.07, 6.45) is 0. The van der Waals surface area contributed by atoms with Crippen LogP contribution >= 0.6 is 8.79 Å². The largest absolute Gasteiger partial charge is 0.148 e. The van der Waals surface area contributed by atoms with E-state index in [1.807, 2.05) is 0 Å². The first-order valence-corrected chi connectivity index (χ1v) is 8.66. The molecule has 0 aliphatic carbocycles. The van der Waals surface area contributed by atoms with Gasteiger partial charge in [0.05, 0.1) is 7.74 Å². The summed E-state index contributed by atoms with van der Waals surface area (Å²) in [4.78, 5) is 0. The molecule has 0 aromatic heterocycles. The summed E-state index contributed by atoms with van der Waals surface area (Å²) < 4.78 is 0. The van der Waals surface area contributed by atoms with Gasteiger partial charge in [0, 0.05) is 0 Å². The van der Waals surface area contributed by atoms with E-state index < -0.39 is 7.74 Å². The first-order valence-electron chi connectivity index (χ1n) is 4.62. The molecule has 0 heterocycles. The van der Waals surface area contributed by atoms with E-state index in [9.17, 15) is 0 Å². The van der Waals surface area contributed by atoms with Crippen LogP contribution in [-0.2, 0) is 0 Å². The maximum atomic E-state index is 3.20. The van der Waals surface area contributed by atoms with Crippen molar-refractivity contribution >= 4 is 16.5 Å². The lowest BCUT2D eigenvalue weighted by Crippen LogP contribution is -2.37. The van der Waals surface area contributed by atoms with Gasteiger partial charge in [-0.2, -0.15) is 0 Å². The van der Waals surface area contributed by atoms with Crippen molar-refractivity contribution < 1.29 is 0 Å². The Balaban J connectivity index is 4.53. The van der Waals surface area contributed by atoms with E-state index in [0.29, 0.717) is 0 Å². The predicted octanol–water partition coefficient (Wildman–Crippen LogP) is 4.04. The van der Waals surface area contributed by atoms with Gasteiger partial charge in [0.15, 0.2) is 0 Å². The Morgan fingerprint density at radius 1 is 0.727 bits per heavy atom. The lowest BCUT2D eigenvalue weighted by atomic mass is 10.5. The zero-order chi connectivity index (χ0) is 9.23. The van der Waals surface area contributed by atoms with Crippen molar-refractivity contribution in [2.75, 3.05) is 0 Å². The summed E-state index contributed by atoms with van der Waals surface area (Å²) in [6, 6.07) is 0. The van der Waals surface area contributed by atoms with Crippen LogP contribution in [0.25, 0.3) is 0 Å². The molecule has 0 radical (unpaired) electrons. The van der Waals surface area contributed by atoms with Crippen molar-refractivity contribution in [1.29, 1.82) is 0 Å². The summed E-state index contributed by atoms with van der Waals surface area (Å²) in [5.74, 6) is 0. The Bertz CT molecular complexity index is 97.0. The summed E-state index contributed by atoms with van der Waals surface area (Å²) in [7, 11) is 2.14. The molecule has 0 amide bonds. The van der Waals surface area contributed by atoms with Gasteiger partial charge >= 0.3 is 0 Å². The minimum atomic E-state index is -1.06. The second-order valence-electron chi connectivity index (χ2n) is 4.46. The predicted molar refractivity (Wildman–Crippen MR) is 60.8 cm³/mol. The van der Waals surface area contributed by atoms with Crippen LogP contribution in [0, 0.1) is 0 Å². The molecule has 2 heteroatoms. The van der Waals surface area contributed by atoms with Crippen molar-refractivity contribution in [3.05, 3.63) is 0 Å². The standard InChI is InChI=1S/C9H23PSi/c1-7(2)11(10,8(3)4)9(5)6/h7-9H,10H2,1-6H3. The summed E-state index contributed by atoms with van der Waals surface area (Å²) in [5, 5.41) is 0. The van der Waals surface area contributed by atoms with Gasteiger partial charge < -0.3 is 0 Å². The quantitative estimate of drug-likeness (QED) is 0.465. The SMILES string of the molecule is CC(C)[Si](P)(C(C)C)C(C)C. The third-order valence-corrected chi connectivity index (χ3v) is 15.0. The molecule has 1 unspecified atom stereocenters. The second kappa shape index (κ2) is 4.05. The highest BCUT2D eigenvalue weighted by Gasteiger charge is 2.37. The van der Waals surface area contributed by atoms with Crippen molar-refractivity contribution in [2.45, 2.75) is 58.2 Å². The normalized spacial score (nSPS) is 13.6. The lowest BCUT2D eigenvalue weighted by Gasteiger charge is -2.39. The molecule has 0 saturated carbocycles. The molecular formula is C9H23PSi. The Labute approximate surface area is 75.2 Å². The van der Waals surface area contributed by atoms with Gasteiger partial charge in [0.2, 0.25) is 0 Å².